The standard InChI is InChI=1S/C11H16ClNS/c1-13-9-4-2-3-8(7-9)10-5-6-11(12)14-10/h5-6,8-9,13H,2-4,7H2,1H3. The fraction of sp³-hybridized carbons (Fsp3) is 0.636. The maximum absolute atomic E-state index is 5.95. The lowest BCUT2D eigenvalue weighted by Gasteiger charge is -2.28. The predicted octanol–water partition coefficient (Wildman–Crippen LogP) is 3.65. The molecule has 0 amide bonds. The van der Waals surface area contributed by atoms with Crippen molar-refractivity contribution in [2.75, 3.05) is 7.05 Å². The zero-order valence-corrected chi connectivity index (χ0v) is 10.00. The summed E-state index contributed by atoms with van der Waals surface area (Å²) in [7, 11) is 2.06. The molecule has 2 atom stereocenters. The van der Waals surface area contributed by atoms with Crippen LogP contribution in [0.5, 0.6) is 0 Å². The third kappa shape index (κ3) is 2.30. The third-order valence-corrected chi connectivity index (χ3v) is 4.47. The molecule has 0 aliphatic heterocycles. The minimum absolute atomic E-state index is 0.703. The Bertz CT molecular complexity index is 297. The highest BCUT2D eigenvalue weighted by atomic mass is 35.5. The second-order valence-corrected chi connectivity index (χ2v) is 5.74. The van der Waals surface area contributed by atoms with Crippen LogP contribution in [-0.2, 0) is 0 Å². The van der Waals surface area contributed by atoms with E-state index >= 15 is 0 Å². The van der Waals surface area contributed by atoms with Gasteiger partial charge in [0.15, 0.2) is 0 Å². The van der Waals surface area contributed by atoms with Gasteiger partial charge in [0.05, 0.1) is 4.34 Å². The van der Waals surface area contributed by atoms with Crippen LogP contribution in [-0.4, -0.2) is 13.1 Å². The number of rotatable bonds is 2. The lowest BCUT2D eigenvalue weighted by Crippen LogP contribution is -2.30. The molecular weight excluding hydrogens is 214 g/mol. The van der Waals surface area contributed by atoms with E-state index < -0.39 is 0 Å². The molecular formula is C11H16ClNS. The molecule has 2 rings (SSSR count). The van der Waals surface area contributed by atoms with Crippen molar-refractivity contribution in [1.82, 2.24) is 5.32 Å². The van der Waals surface area contributed by atoms with Gasteiger partial charge < -0.3 is 5.32 Å². The van der Waals surface area contributed by atoms with Gasteiger partial charge in [0.25, 0.3) is 0 Å². The van der Waals surface area contributed by atoms with Crippen LogP contribution < -0.4 is 5.32 Å². The fourth-order valence-electron chi connectivity index (χ4n) is 2.26. The van der Waals surface area contributed by atoms with Gasteiger partial charge >= 0.3 is 0 Å². The Hall–Kier alpha value is -0.0500. The molecule has 1 N–H and O–H groups in total. The Morgan fingerprint density at radius 1 is 1.43 bits per heavy atom. The van der Waals surface area contributed by atoms with Gasteiger partial charge in [0, 0.05) is 10.9 Å². The molecule has 1 aliphatic carbocycles. The van der Waals surface area contributed by atoms with Gasteiger partial charge in [0.2, 0.25) is 0 Å². The summed E-state index contributed by atoms with van der Waals surface area (Å²) in [5.74, 6) is 0.735. The molecule has 0 saturated heterocycles. The highest BCUT2D eigenvalue weighted by Crippen LogP contribution is 2.37. The Kier molecular flexibility index (Phi) is 3.47. The third-order valence-electron chi connectivity index (χ3n) is 3.08. The van der Waals surface area contributed by atoms with Gasteiger partial charge in [0.1, 0.15) is 0 Å². The minimum Gasteiger partial charge on any atom is -0.317 e. The van der Waals surface area contributed by atoms with Crippen LogP contribution >= 0.6 is 22.9 Å². The van der Waals surface area contributed by atoms with Gasteiger partial charge in [-0.05, 0) is 44.4 Å². The van der Waals surface area contributed by atoms with Crippen LogP contribution in [0.15, 0.2) is 12.1 Å². The van der Waals surface area contributed by atoms with Crippen molar-refractivity contribution in [3.05, 3.63) is 21.3 Å². The Morgan fingerprint density at radius 2 is 2.29 bits per heavy atom. The molecule has 1 aromatic heterocycles. The number of thiophene rings is 1. The second-order valence-electron chi connectivity index (χ2n) is 3.99. The topological polar surface area (TPSA) is 12.0 Å². The average molecular weight is 230 g/mol. The maximum atomic E-state index is 5.95. The SMILES string of the molecule is CNC1CCCC(c2ccc(Cl)s2)C1. The monoisotopic (exact) mass is 229 g/mol. The number of hydrogen-bond acceptors (Lipinski definition) is 2. The van der Waals surface area contributed by atoms with Crippen molar-refractivity contribution >= 4 is 22.9 Å². The number of halogens is 1. The molecule has 0 aromatic carbocycles. The van der Waals surface area contributed by atoms with E-state index in [9.17, 15) is 0 Å². The zero-order chi connectivity index (χ0) is 9.97. The quantitative estimate of drug-likeness (QED) is 0.817. The van der Waals surface area contributed by atoms with Crippen LogP contribution in [0, 0.1) is 0 Å². The summed E-state index contributed by atoms with van der Waals surface area (Å²) >= 11 is 7.70. The first-order valence-corrected chi connectivity index (χ1v) is 6.41. The molecule has 3 heteroatoms. The molecule has 78 valence electrons. The van der Waals surface area contributed by atoms with Crippen molar-refractivity contribution in [1.29, 1.82) is 0 Å². The van der Waals surface area contributed by atoms with Gasteiger partial charge in [-0.3, -0.25) is 0 Å². The smallest absolute Gasteiger partial charge is 0.0931 e. The highest BCUT2D eigenvalue weighted by molar-refractivity contribution is 7.16. The first kappa shape index (κ1) is 10.5. The second kappa shape index (κ2) is 4.65. The summed E-state index contributed by atoms with van der Waals surface area (Å²) in [5.41, 5.74) is 0. The molecule has 1 fully saturated rings. The Labute approximate surface area is 94.5 Å². The molecule has 0 radical (unpaired) electrons. The van der Waals surface area contributed by atoms with Crippen molar-refractivity contribution in [2.45, 2.75) is 37.6 Å². The first-order valence-electron chi connectivity index (χ1n) is 5.22. The van der Waals surface area contributed by atoms with E-state index in [0.717, 1.165) is 10.3 Å². The van der Waals surface area contributed by atoms with Crippen LogP contribution in [0.1, 0.15) is 36.5 Å². The van der Waals surface area contributed by atoms with Gasteiger partial charge in [-0.25, -0.2) is 0 Å². The largest absolute Gasteiger partial charge is 0.317 e. The zero-order valence-electron chi connectivity index (χ0n) is 8.42. The van der Waals surface area contributed by atoms with Crippen molar-refractivity contribution in [3.8, 4) is 0 Å². The fourth-order valence-corrected chi connectivity index (χ4v) is 3.47. The van der Waals surface area contributed by atoms with Gasteiger partial charge in [-0.1, -0.05) is 18.0 Å². The summed E-state index contributed by atoms with van der Waals surface area (Å²) in [5, 5.41) is 3.38. The average Bonchev–Trinajstić information content (AvgIpc) is 2.65. The minimum atomic E-state index is 0.703. The molecule has 1 aliphatic rings. The predicted molar refractivity (Wildman–Crippen MR) is 63.4 cm³/mol. The molecule has 1 heterocycles. The normalized spacial score (nSPS) is 27.9. The van der Waals surface area contributed by atoms with Crippen LogP contribution in [0.25, 0.3) is 0 Å². The Morgan fingerprint density at radius 3 is 2.93 bits per heavy atom. The number of nitrogens with one attached hydrogen (secondary N) is 1. The molecule has 1 nitrogen and oxygen atoms in total. The molecule has 1 aromatic rings. The molecule has 14 heavy (non-hydrogen) atoms. The maximum Gasteiger partial charge on any atom is 0.0931 e. The summed E-state index contributed by atoms with van der Waals surface area (Å²) in [6, 6.07) is 4.91. The molecule has 0 spiro atoms. The van der Waals surface area contributed by atoms with Gasteiger partial charge in [-0.2, -0.15) is 0 Å². The Balaban J connectivity index is 2.04. The van der Waals surface area contributed by atoms with Crippen molar-refractivity contribution < 1.29 is 0 Å². The van der Waals surface area contributed by atoms with E-state index in [4.69, 9.17) is 11.6 Å². The van der Waals surface area contributed by atoms with Crippen LogP contribution in [0.4, 0.5) is 0 Å². The van der Waals surface area contributed by atoms with Crippen molar-refractivity contribution in [3.63, 3.8) is 0 Å². The lowest BCUT2D eigenvalue weighted by molar-refractivity contribution is 0.358. The summed E-state index contributed by atoms with van der Waals surface area (Å²) in [4.78, 5) is 1.47. The van der Waals surface area contributed by atoms with E-state index in [2.05, 4.69) is 18.4 Å². The summed E-state index contributed by atoms with van der Waals surface area (Å²) in [6.07, 6.45) is 5.26. The van der Waals surface area contributed by atoms with E-state index in [0.29, 0.717) is 6.04 Å². The summed E-state index contributed by atoms with van der Waals surface area (Å²) in [6.45, 7) is 0. The number of hydrogen-bond donors (Lipinski definition) is 1. The van der Waals surface area contributed by atoms with Crippen LogP contribution in [0.3, 0.4) is 0 Å². The molecule has 1 saturated carbocycles. The van der Waals surface area contributed by atoms with E-state index in [-0.39, 0.29) is 0 Å². The molecule has 2 unspecified atom stereocenters. The highest BCUT2D eigenvalue weighted by Gasteiger charge is 2.22. The van der Waals surface area contributed by atoms with Gasteiger partial charge in [-0.15, -0.1) is 11.3 Å². The van der Waals surface area contributed by atoms with E-state index in [1.165, 1.54) is 30.6 Å². The molecule has 0 bridgehead atoms. The van der Waals surface area contributed by atoms with E-state index in [1.54, 1.807) is 11.3 Å². The lowest BCUT2D eigenvalue weighted by atomic mass is 9.85. The van der Waals surface area contributed by atoms with Crippen molar-refractivity contribution in [2.24, 2.45) is 0 Å². The van der Waals surface area contributed by atoms with Crippen LogP contribution in [0.2, 0.25) is 4.34 Å². The van der Waals surface area contributed by atoms with E-state index in [1.807, 2.05) is 6.07 Å². The summed E-state index contributed by atoms with van der Waals surface area (Å²) < 4.78 is 0.923. The first-order chi connectivity index (χ1) is 6.79.